The number of halogens is 1. The van der Waals surface area contributed by atoms with Gasteiger partial charge in [-0.1, -0.05) is 6.08 Å². The molecule has 0 aromatic rings. The van der Waals surface area contributed by atoms with Crippen molar-refractivity contribution in [3.8, 4) is 0 Å². The van der Waals surface area contributed by atoms with Crippen LogP contribution in [0.4, 0.5) is 4.39 Å². The molecule has 0 spiro atoms. The van der Waals surface area contributed by atoms with E-state index < -0.39 is 5.67 Å². The number of hydrogen-bond donors (Lipinski definition) is 1. The molecule has 0 radical (unpaired) electrons. The number of hydrogen-bond acceptors (Lipinski definition) is 2. The molecule has 64 valence electrons. The summed E-state index contributed by atoms with van der Waals surface area (Å²) in [6.45, 7) is 4.86. The second-order valence-corrected chi connectivity index (χ2v) is 3.41. The molecule has 0 saturated carbocycles. The van der Waals surface area contributed by atoms with E-state index in [4.69, 9.17) is 5.14 Å². The highest BCUT2D eigenvalue weighted by Crippen LogP contribution is 2.15. The van der Waals surface area contributed by atoms with Crippen LogP contribution < -0.4 is 5.14 Å². The van der Waals surface area contributed by atoms with Gasteiger partial charge in [0.15, 0.2) is 0 Å². The summed E-state index contributed by atoms with van der Waals surface area (Å²) in [6.07, 6.45) is 5.01. The predicted molar refractivity (Wildman–Crippen MR) is 49.9 cm³/mol. The van der Waals surface area contributed by atoms with Gasteiger partial charge in [-0.25, -0.2) is 4.39 Å². The molecule has 0 heterocycles. The predicted octanol–water partition coefficient (Wildman–Crippen LogP) is 2.80. The van der Waals surface area contributed by atoms with Crippen LogP contribution in [0.3, 0.4) is 0 Å². The molecule has 0 aliphatic rings. The van der Waals surface area contributed by atoms with E-state index in [0.717, 1.165) is 16.9 Å². The van der Waals surface area contributed by atoms with Crippen molar-refractivity contribution in [2.45, 2.75) is 26.4 Å². The summed E-state index contributed by atoms with van der Waals surface area (Å²) in [7, 11) is 0. The zero-order valence-corrected chi connectivity index (χ0v) is 7.91. The van der Waals surface area contributed by atoms with Crippen LogP contribution in [0, 0.1) is 0 Å². The minimum absolute atomic E-state index is 0.871. The molecule has 0 aliphatic heterocycles. The molecule has 0 aromatic carbocycles. The van der Waals surface area contributed by atoms with E-state index in [2.05, 4.69) is 0 Å². The van der Waals surface area contributed by atoms with E-state index in [1.165, 1.54) is 19.9 Å². The third kappa shape index (κ3) is 6.13. The molecule has 3 heteroatoms. The Labute approximate surface area is 71.7 Å². The van der Waals surface area contributed by atoms with Crippen LogP contribution in [0.25, 0.3) is 0 Å². The van der Waals surface area contributed by atoms with E-state index in [1.54, 1.807) is 6.08 Å². The molecule has 0 unspecified atom stereocenters. The van der Waals surface area contributed by atoms with Gasteiger partial charge in [0.25, 0.3) is 0 Å². The van der Waals surface area contributed by atoms with Gasteiger partial charge in [-0.2, -0.15) is 0 Å². The molecular weight excluding hydrogens is 161 g/mol. The highest BCUT2D eigenvalue weighted by Gasteiger charge is 2.08. The maximum Gasteiger partial charge on any atom is 0.123 e. The van der Waals surface area contributed by atoms with Crippen molar-refractivity contribution in [2.24, 2.45) is 5.14 Å². The molecule has 0 bridgehead atoms. The van der Waals surface area contributed by atoms with Gasteiger partial charge in [0.1, 0.15) is 5.67 Å². The Balaban J connectivity index is 4.12. The Hall–Kier alpha value is -0.280. The Morgan fingerprint density at radius 1 is 1.55 bits per heavy atom. The molecule has 0 aromatic heterocycles. The molecule has 0 amide bonds. The second-order valence-electron chi connectivity index (χ2n) is 2.71. The van der Waals surface area contributed by atoms with Crippen molar-refractivity contribution in [2.75, 3.05) is 0 Å². The van der Waals surface area contributed by atoms with E-state index in [9.17, 15) is 4.39 Å². The van der Waals surface area contributed by atoms with Gasteiger partial charge in [0.05, 0.1) is 0 Å². The molecule has 0 rings (SSSR count). The molecular formula is C8H14FNS. The monoisotopic (exact) mass is 175 g/mol. The lowest BCUT2D eigenvalue weighted by atomic mass is 10.1. The highest BCUT2D eigenvalue weighted by atomic mass is 32.2. The SMILES string of the molecule is C/C=C(\C=C/C(C)(C)F)SN. The van der Waals surface area contributed by atoms with Crippen LogP contribution in [0.5, 0.6) is 0 Å². The normalized spacial score (nSPS) is 14.5. The molecule has 0 fully saturated rings. The standard InChI is InChI=1S/C8H14FNS/c1-4-7(11-10)5-6-8(2,3)9/h4-6H,10H2,1-3H3/b6-5-,7-4+. The number of rotatable bonds is 3. The van der Waals surface area contributed by atoms with Gasteiger partial charge in [-0.3, -0.25) is 5.14 Å². The maximum atomic E-state index is 12.9. The van der Waals surface area contributed by atoms with E-state index in [1.807, 2.05) is 13.0 Å². The zero-order chi connectivity index (χ0) is 8.91. The average molecular weight is 175 g/mol. The minimum atomic E-state index is -1.26. The lowest BCUT2D eigenvalue weighted by molar-refractivity contribution is 0.287. The van der Waals surface area contributed by atoms with Crippen LogP contribution in [0.2, 0.25) is 0 Å². The molecule has 0 atom stereocenters. The molecule has 2 N–H and O–H groups in total. The highest BCUT2D eigenvalue weighted by molar-refractivity contribution is 8.01. The minimum Gasteiger partial charge on any atom is -0.274 e. The first-order valence-corrected chi connectivity index (χ1v) is 4.29. The van der Waals surface area contributed by atoms with Gasteiger partial charge < -0.3 is 0 Å². The van der Waals surface area contributed by atoms with Crippen molar-refractivity contribution >= 4 is 11.9 Å². The summed E-state index contributed by atoms with van der Waals surface area (Å²) in [5, 5.41) is 5.29. The zero-order valence-electron chi connectivity index (χ0n) is 7.10. The van der Waals surface area contributed by atoms with Crippen LogP contribution in [-0.2, 0) is 0 Å². The van der Waals surface area contributed by atoms with Crippen molar-refractivity contribution in [1.29, 1.82) is 0 Å². The summed E-state index contributed by atoms with van der Waals surface area (Å²) >= 11 is 1.12. The summed E-state index contributed by atoms with van der Waals surface area (Å²) in [5.74, 6) is 0. The van der Waals surface area contributed by atoms with Gasteiger partial charge in [-0.15, -0.1) is 0 Å². The van der Waals surface area contributed by atoms with Crippen molar-refractivity contribution in [1.82, 2.24) is 0 Å². The fourth-order valence-corrected chi connectivity index (χ4v) is 0.767. The van der Waals surface area contributed by atoms with Crippen molar-refractivity contribution in [3.63, 3.8) is 0 Å². The smallest absolute Gasteiger partial charge is 0.123 e. The van der Waals surface area contributed by atoms with Gasteiger partial charge >= 0.3 is 0 Å². The molecule has 0 saturated heterocycles. The average Bonchev–Trinajstić information content (AvgIpc) is 1.88. The Kier molecular flexibility index (Phi) is 4.45. The first-order chi connectivity index (χ1) is 4.99. The Bertz CT molecular complexity index is 167. The molecule has 11 heavy (non-hydrogen) atoms. The maximum absolute atomic E-state index is 12.9. The van der Waals surface area contributed by atoms with Crippen LogP contribution in [0.1, 0.15) is 20.8 Å². The van der Waals surface area contributed by atoms with E-state index in [-0.39, 0.29) is 0 Å². The number of alkyl halides is 1. The third-order valence-electron chi connectivity index (χ3n) is 1.06. The van der Waals surface area contributed by atoms with Gasteiger partial charge in [-0.05, 0) is 44.9 Å². The lowest BCUT2D eigenvalue weighted by Crippen LogP contribution is -2.05. The lowest BCUT2D eigenvalue weighted by Gasteiger charge is -2.06. The third-order valence-corrected chi connectivity index (χ3v) is 1.71. The molecule has 1 nitrogen and oxygen atoms in total. The fourth-order valence-electron chi connectivity index (χ4n) is 0.484. The van der Waals surface area contributed by atoms with Crippen LogP contribution >= 0.6 is 11.9 Å². The van der Waals surface area contributed by atoms with Gasteiger partial charge in [0, 0.05) is 4.91 Å². The Morgan fingerprint density at radius 2 is 2.09 bits per heavy atom. The number of nitrogens with two attached hydrogens (primary N) is 1. The summed E-state index contributed by atoms with van der Waals surface area (Å²) in [4.78, 5) is 0.871. The largest absolute Gasteiger partial charge is 0.274 e. The Morgan fingerprint density at radius 3 is 2.36 bits per heavy atom. The van der Waals surface area contributed by atoms with Crippen LogP contribution in [0.15, 0.2) is 23.1 Å². The summed E-state index contributed by atoms with van der Waals surface area (Å²) < 4.78 is 12.9. The molecule has 0 aliphatic carbocycles. The fraction of sp³-hybridized carbons (Fsp3) is 0.500. The van der Waals surface area contributed by atoms with Crippen molar-refractivity contribution in [3.05, 3.63) is 23.1 Å². The summed E-state index contributed by atoms with van der Waals surface area (Å²) in [6, 6.07) is 0. The first kappa shape index (κ1) is 10.7. The van der Waals surface area contributed by atoms with Crippen molar-refractivity contribution < 1.29 is 4.39 Å². The number of allylic oxidation sites excluding steroid dienone is 3. The van der Waals surface area contributed by atoms with E-state index >= 15 is 0 Å². The van der Waals surface area contributed by atoms with E-state index in [0.29, 0.717) is 0 Å². The van der Waals surface area contributed by atoms with Crippen LogP contribution in [-0.4, -0.2) is 5.67 Å². The second kappa shape index (κ2) is 4.57. The summed E-state index contributed by atoms with van der Waals surface area (Å²) in [5.41, 5.74) is -1.26. The topological polar surface area (TPSA) is 26.0 Å². The first-order valence-electron chi connectivity index (χ1n) is 3.41. The quantitative estimate of drug-likeness (QED) is 0.527. The van der Waals surface area contributed by atoms with Gasteiger partial charge in [0.2, 0.25) is 0 Å².